The molecule has 0 spiro atoms. The van der Waals surface area contributed by atoms with Crippen molar-refractivity contribution >= 4 is 27.2 Å². The van der Waals surface area contributed by atoms with Gasteiger partial charge in [0.2, 0.25) is 0 Å². The molecule has 0 saturated carbocycles. The van der Waals surface area contributed by atoms with Gasteiger partial charge in [0.15, 0.2) is 5.85 Å². The zero-order chi connectivity index (χ0) is 28.5. The van der Waals surface area contributed by atoms with Crippen LogP contribution < -0.4 is 4.74 Å². The van der Waals surface area contributed by atoms with Gasteiger partial charge in [0, 0.05) is 6.54 Å². The van der Waals surface area contributed by atoms with Crippen molar-refractivity contribution in [2.24, 2.45) is 0 Å². The third kappa shape index (κ3) is 7.64. The van der Waals surface area contributed by atoms with Crippen molar-refractivity contribution in [1.29, 1.82) is 0 Å². The third-order valence-electron chi connectivity index (χ3n) is 5.52. The van der Waals surface area contributed by atoms with Gasteiger partial charge in [0.05, 0.1) is 44.2 Å². The van der Waals surface area contributed by atoms with Crippen LogP contribution in [0.4, 0.5) is 0 Å². The Hall–Kier alpha value is -2.36. The summed E-state index contributed by atoms with van der Waals surface area (Å²) in [6.07, 6.45) is 0.385. The highest BCUT2D eigenvalue weighted by Crippen LogP contribution is 2.67. The second-order valence-corrected chi connectivity index (χ2v) is 11.9. The molecule has 1 aliphatic rings. The molecule has 0 aromatic heterocycles. The molecule has 2 aromatic rings. The molecule has 11 nitrogen and oxygen atoms in total. The van der Waals surface area contributed by atoms with Crippen molar-refractivity contribution in [2.75, 3.05) is 39.6 Å². The zero-order valence-electron chi connectivity index (χ0n) is 22.6. The van der Waals surface area contributed by atoms with Gasteiger partial charge in [-0.15, -0.1) is 0 Å². The summed E-state index contributed by atoms with van der Waals surface area (Å²) in [5.74, 6) is -1.68. The Morgan fingerprint density at radius 2 is 1.33 bits per heavy atom. The summed E-state index contributed by atoms with van der Waals surface area (Å²) in [7, 11) is -8.11. The number of hydrogen-bond acceptors (Lipinski definition) is 10. The van der Waals surface area contributed by atoms with Crippen LogP contribution in [-0.2, 0) is 31.7 Å². The van der Waals surface area contributed by atoms with Crippen molar-refractivity contribution in [3.63, 3.8) is 0 Å². The van der Waals surface area contributed by atoms with E-state index in [0.29, 0.717) is 28.9 Å². The lowest BCUT2D eigenvalue weighted by Crippen LogP contribution is -2.31. The molecule has 0 saturated heterocycles. The molecule has 1 heterocycles. The van der Waals surface area contributed by atoms with Crippen molar-refractivity contribution in [3.8, 4) is 5.75 Å². The Labute approximate surface area is 228 Å². The molecular weight excluding hydrogens is 548 g/mol. The van der Waals surface area contributed by atoms with Crippen molar-refractivity contribution in [3.05, 3.63) is 65.2 Å². The largest absolute Gasteiger partial charge is 0.494 e. The van der Waals surface area contributed by atoms with Gasteiger partial charge in [-0.1, -0.05) is 24.3 Å². The summed E-state index contributed by atoms with van der Waals surface area (Å²) in [6, 6.07) is 13.2. The first-order chi connectivity index (χ1) is 18.7. The van der Waals surface area contributed by atoms with Crippen molar-refractivity contribution < 1.29 is 46.1 Å². The first kappa shape index (κ1) is 31.2. The highest BCUT2D eigenvalue weighted by molar-refractivity contribution is 7.55. The zero-order valence-corrected chi connectivity index (χ0v) is 24.4. The van der Waals surface area contributed by atoms with Crippen LogP contribution in [0, 0.1) is 0 Å². The van der Waals surface area contributed by atoms with Crippen LogP contribution in [0.3, 0.4) is 0 Å². The molecule has 0 N–H and O–H groups in total. The molecule has 214 valence electrons. The minimum absolute atomic E-state index is 0.0355. The minimum Gasteiger partial charge on any atom is -0.494 e. The van der Waals surface area contributed by atoms with Gasteiger partial charge in [0.1, 0.15) is 5.75 Å². The molecule has 0 aliphatic carbocycles. The number of hydrogen-bond donors (Lipinski definition) is 0. The highest BCUT2D eigenvalue weighted by atomic mass is 31.2. The molecule has 1 atom stereocenters. The molecular formula is C26H35NO10P2. The van der Waals surface area contributed by atoms with E-state index in [4.69, 9.17) is 27.4 Å². The van der Waals surface area contributed by atoms with E-state index in [0.717, 1.165) is 0 Å². The maximum atomic E-state index is 13.8. The maximum Gasteiger partial charge on any atom is 0.475 e. The lowest BCUT2D eigenvalue weighted by Gasteiger charge is -2.29. The highest BCUT2D eigenvalue weighted by Gasteiger charge is 2.44. The number of ether oxygens (including phenoxy) is 1. The summed E-state index contributed by atoms with van der Waals surface area (Å²) >= 11 is 0. The Kier molecular flexibility index (Phi) is 11.4. The fourth-order valence-corrected chi connectivity index (χ4v) is 7.58. The van der Waals surface area contributed by atoms with Crippen molar-refractivity contribution in [2.45, 2.75) is 40.0 Å². The van der Waals surface area contributed by atoms with E-state index in [1.807, 2.05) is 0 Å². The Morgan fingerprint density at radius 1 is 0.769 bits per heavy atom. The quantitative estimate of drug-likeness (QED) is 0.120. The number of carbonyl (C=O) groups is 2. The number of carbonyl (C=O) groups excluding carboxylic acids is 2. The second kappa shape index (κ2) is 14.3. The minimum atomic E-state index is -4.12. The molecule has 3 rings (SSSR count). The molecule has 2 aromatic carbocycles. The van der Waals surface area contributed by atoms with E-state index in [2.05, 4.69) is 0 Å². The number of fused-ring (bicyclic) bond motifs is 1. The van der Waals surface area contributed by atoms with Crippen LogP contribution >= 0.6 is 15.4 Å². The SMILES string of the molecule is CCOP(=O)(OCC)OC(c1cccc(OCCCN2C(=O)c3ccccc3C2=O)c1)P(=O)(OCC)OCC. The molecule has 13 heteroatoms. The van der Waals surface area contributed by atoms with Crippen LogP contribution in [0.5, 0.6) is 5.75 Å². The molecule has 1 aliphatic heterocycles. The average Bonchev–Trinajstić information content (AvgIpc) is 3.15. The standard InChI is InChI=1S/C26H35NO10P2/c1-5-33-38(30,34-6-2)26(37-39(31,35-7-3)36-8-4)20-13-11-14-21(19-20)32-18-12-17-27-24(28)22-15-9-10-16-23(22)25(27)29/h9-11,13-16,19,26H,5-8,12,17-18H2,1-4H3. The molecule has 1 unspecified atom stereocenters. The van der Waals surface area contributed by atoms with E-state index in [-0.39, 0.29) is 51.4 Å². The van der Waals surface area contributed by atoms with Gasteiger partial charge in [-0.2, -0.15) is 0 Å². The Morgan fingerprint density at radius 3 is 1.87 bits per heavy atom. The van der Waals surface area contributed by atoms with Gasteiger partial charge in [-0.25, -0.2) is 4.57 Å². The normalized spacial score (nSPS) is 14.5. The van der Waals surface area contributed by atoms with Gasteiger partial charge in [0.25, 0.3) is 11.8 Å². The summed E-state index contributed by atoms with van der Waals surface area (Å²) < 4.78 is 60.1. The molecule has 0 bridgehead atoms. The second-order valence-electron chi connectivity index (χ2n) is 8.20. The Balaban J connectivity index is 1.75. The predicted octanol–water partition coefficient (Wildman–Crippen LogP) is 6.21. The lowest BCUT2D eigenvalue weighted by atomic mass is 10.1. The summed E-state index contributed by atoms with van der Waals surface area (Å²) in [6.45, 7) is 7.12. The predicted molar refractivity (Wildman–Crippen MR) is 144 cm³/mol. The number of rotatable bonds is 17. The van der Waals surface area contributed by atoms with E-state index >= 15 is 0 Å². The first-order valence-corrected chi connectivity index (χ1v) is 15.9. The summed E-state index contributed by atoms with van der Waals surface area (Å²) in [5, 5.41) is 0. The van der Waals surface area contributed by atoms with Crippen LogP contribution in [-0.4, -0.2) is 56.3 Å². The first-order valence-electron chi connectivity index (χ1n) is 12.9. The van der Waals surface area contributed by atoms with E-state index in [1.165, 1.54) is 4.90 Å². The van der Waals surface area contributed by atoms with Crippen LogP contribution in [0.25, 0.3) is 0 Å². The monoisotopic (exact) mass is 583 g/mol. The van der Waals surface area contributed by atoms with Crippen LogP contribution in [0.15, 0.2) is 48.5 Å². The van der Waals surface area contributed by atoms with Crippen molar-refractivity contribution in [1.82, 2.24) is 4.90 Å². The van der Waals surface area contributed by atoms with Gasteiger partial charge in [-0.05, 0) is 63.9 Å². The van der Waals surface area contributed by atoms with Crippen LogP contribution in [0.2, 0.25) is 0 Å². The number of nitrogens with zero attached hydrogens (tertiary/aromatic N) is 1. The summed E-state index contributed by atoms with van der Waals surface area (Å²) in [5.41, 5.74) is 1.11. The fraction of sp³-hybridized carbons (Fsp3) is 0.462. The molecule has 39 heavy (non-hydrogen) atoms. The fourth-order valence-electron chi connectivity index (χ4n) is 3.98. The lowest BCUT2D eigenvalue weighted by molar-refractivity contribution is 0.0646. The third-order valence-corrected chi connectivity index (χ3v) is 9.52. The smallest absolute Gasteiger partial charge is 0.475 e. The Bertz CT molecular complexity index is 1180. The van der Waals surface area contributed by atoms with E-state index < -0.39 is 21.3 Å². The number of amides is 2. The van der Waals surface area contributed by atoms with E-state index in [9.17, 15) is 18.7 Å². The number of phosphoric acid groups is 1. The van der Waals surface area contributed by atoms with Gasteiger partial charge < -0.3 is 13.8 Å². The topological polar surface area (TPSA) is 127 Å². The number of benzene rings is 2. The van der Waals surface area contributed by atoms with Crippen LogP contribution in [0.1, 0.15) is 66.2 Å². The number of phosphoric ester groups is 1. The molecule has 0 fully saturated rings. The number of imide groups is 1. The van der Waals surface area contributed by atoms with Gasteiger partial charge >= 0.3 is 15.4 Å². The average molecular weight is 584 g/mol. The maximum absolute atomic E-state index is 13.8. The van der Waals surface area contributed by atoms with E-state index in [1.54, 1.807) is 76.2 Å². The molecule has 2 amide bonds. The van der Waals surface area contributed by atoms with Gasteiger partial charge in [-0.3, -0.25) is 32.6 Å². The summed E-state index contributed by atoms with van der Waals surface area (Å²) in [4.78, 5) is 26.3. The molecule has 0 radical (unpaired) electrons.